The number of ether oxygens (including phenoxy) is 3. The number of methoxy groups -OCH3 is 2. The fourth-order valence-corrected chi connectivity index (χ4v) is 4.84. The minimum absolute atomic E-state index is 0.0788. The van der Waals surface area contributed by atoms with Gasteiger partial charge in [0, 0.05) is 12.6 Å². The van der Waals surface area contributed by atoms with Crippen LogP contribution >= 0.6 is 0 Å². The van der Waals surface area contributed by atoms with Crippen molar-refractivity contribution in [2.75, 3.05) is 31.7 Å². The third-order valence-electron chi connectivity index (χ3n) is 5.25. The zero-order chi connectivity index (χ0) is 25.4. The van der Waals surface area contributed by atoms with Gasteiger partial charge >= 0.3 is 0 Å². The molecule has 0 spiro atoms. The summed E-state index contributed by atoms with van der Waals surface area (Å²) in [6, 6.07) is 18.5. The molecule has 1 N–H and O–H groups in total. The van der Waals surface area contributed by atoms with Crippen LogP contribution in [0.1, 0.15) is 18.1 Å². The molecule has 0 saturated carbocycles. The first kappa shape index (κ1) is 25.9. The molecule has 0 saturated heterocycles. The summed E-state index contributed by atoms with van der Waals surface area (Å²) >= 11 is 0. The minimum Gasteiger partial charge on any atom is -0.494 e. The number of rotatable bonds is 11. The van der Waals surface area contributed by atoms with Crippen LogP contribution in [0.3, 0.4) is 0 Å². The third-order valence-corrected chi connectivity index (χ3v) is 7.04. The van der Waals surface area contributed by atoms with E-state index in [0.717, 1.165) is 15.4 Å². The van der Waals surface area contributed by atoms with Crippen LogP contribution < -0.4 is 23.8 Å². The zero-order valence-electron chi connectivity index (χ0n) is 20.3. The first-order valence-electron chi connectivity index (χ1n) is 11.1. The van der Waals surface area contributed by atoms with Gasteiger partial charge in [-0.3, -0.25) is 9.10 Å². The largest absolute Gasteiger partial charge is 0.494 e. The molecule has 3 aromatic carbocycles. The number of hydrogen-bond donors (Lipinski definition) is 1. The number of hydrogen-bond acceptors (Lipinski definition) is 6. The van der Waals surface area contributed by atoms with Crippen molar-refractivity contribution in [3.8, 4) is 17.2 Å². The van der Waals surface area contributed by atoms with Crippen LogP contribution in [0.25, 0.3) is 0 Å². The van der Waals surface area contributed by atoms with Crippen LogP contribution in [0.15, 0.2) is 71.6 Å². The Morgan fingerprint density at radius 1 is 0.943 bits per heavy atom. The van der Waals surface area contributed by atoms with E-state index in [1.54, 1.807) is 24.3 Å². The van der Waals surface area contributed by atoms with Gasteiger partial charge < -0.3 is 19.5 Å². The number of aryl methyl sites for hydroxylation is 1. The van der Waals surface area contributed by atoms with Crippen LogP contribution in [0, 0.1) is 6.92 Å². The number of carbonyl (C=O) groups excluding carboxylic acids is 1. The highest BCUT2D eigenvalue weighted by Gasteiger charge is 2.28. The van der Waals surface area contributed by atoms with Crippen LogP contribution in [-0.4, -0.2) is 41.7 Å². The molecule has 0 heterocycles. The number of carbonyl (C=O) groups is 1. The first-order chi connectivity index (χ1) is 16.8. The Morgan fingerprint density at radius 3 is 2.31 bits per heavy atom. The minimum atomic E-state index is -4.05. The van der Waals surface area contributed by atoms with Crippen molar-refractivity contribution < 1.29 is 27.4 Å². The predicted molar refractivity (Wildman–Crippen MR) is 135 cm³/mol. The number of benzene rings is 3. The summed E-state index contributed by atoms with van der Waals surface area (Å²) in [5.74, 6) is 1.04. The molecule has 0 aromatic heterocycles. The molecular weight excluding hydrogens is 468 g/mol. The maximum Gasteiger partial charge on any atom is 0.264 e. The van der Waals surface area contributed by atoms with Gasteiger partial charge in [0.05, 0.1) is 31.4 Å². The number of nitrogens with one attached hydrogen (secondary N) is 1. The normalized spacial score (nSPS) is 11.0. The Bertz CT molecular complexity index is 1260. The second kappa shape index (κ2) is 11.6. The molecular formula is C26H30N2O6S. The lowest BCUT2D eigenvalue weighted by atomic mass is 10.2. The third kappa shape index (κ3) is 6.45. The van der Waals surface area contributed by atoms with E-state index in [0.29, 0.717) is 23.9 Å². The predicted octanol–water partition coefficient (Wildman–Crippen LogP) is 3.92. The topological polar surface area (TPSA) is 94.2 Å². The van der Waals surface area contributed by atoms with Gasteiger partial charge in [-0.2, -0.15) is 0 Å². The Labute approximate surface area is 206 Å². The molecule has 0 radical (unpaired) electrons. The van der Waals surface area contributed by atoms with Gasteiger partial charge in [-0.1, -0.05) is 29.8 Å². The molecule has 0 aliphatic heterocycles. The smallest absolute Gasteiger partial charge is 0.264 e. The average molecular weight is 499 g/mol. The number of anilines is 1. The van der Waals surface area contributed by atoms with E-state index < -0.39 is 22.5 Å². The highest BCUT2D eigenvalue weighted by atomic mass is 32.2. The molecule has 9 heteroatoms. The lowest BCUT2D eigenvalue weighted by molar-refractivity contribution is -0.119. The van der Waals surface area contributed by atoms with Crippen molar-refractivity contribution >= 4 is 21.6 Å². The molecule has 1 amide bonds. The van der Waals surface area contributed by atoms with E-state index in [1.165, 1.54) is 32.4 Å². The molecule has 0 atom stereocenters. The van der Waals surface area contributed by atoms with E-state index in [9.17, 15) is 13.2 Å². The van der Waals surface area contributed by atoms with Crippen molar-refractivity contribution in [3.05, 3.63) is 77.9 Å². The number of nitrogens with zero attached hydrogens (tertiary/aromatic N) is 1. The van der Waals surface area contributed by atoms with Crippen molar-refractivity contribution in [2.45, 2.75) is 25.3 Å². The fourth-order valence-electron chi connectivity index (χ4n) is 3.43. The second-order valence-corrected chi connectivity index (χ2v) is 9.58. The SMILES string of the molecule is CCOc1cccc(CNC(=O)CN(c2ccc(OC)c(OC)c2)S(=O)(=O)c2ccc(C)cc2)c1. The summed E-state index contributed by atoms with van der Waals surface area (Å²) in [4.78, 5) is 13.0. The summed E-state index contributed by atoms with van der Waals surface area (Å²) in [6.45, 7) is 4.11. The van der Waals surface area contributed by atoms with Gasteiger partial charge in [-0.05, 0) is 55.8 Å². The molecule has 186 valence electrons. The number of sulfonamides is 1. The van der Waals surface area contributed by atoms with Crippen molar-refractivity contribution in [3.63, 3.8) is 0 Å². The maximum absolute atomic E-state index is 13.6. The van der Waals surface area contributed by atoms with Crippen LogP contribution in [-0.2, 0) is 21.4 Å². The molecule has 0 aliphatic carbocycles. The molecule has 0 bridgehead atoms. The molecule has 0 unspecified atom stereocenters. The number of amides is 1. The quantitative estimate of drug-likeness (QED) is 0.431. The van der Waals surface area contributed by atoms with E-state index >= 15 is 0 Å². The standard InChI is InChI=1S/C26H30N2O6S/c1-5-34-22-8-6-7-20(15-22)17-27-26(29)18-28(21-11-14-24(32-3)25(16-21)33-4)35(30,31)23-12-9-19(2)10-13-23/h6-16H,5,17-18H2,1-4H3,(H,27,29). The average Bonchev–Trinajstić information content (AvgIpc) is 2.86. The van der Waals surface area contributed by atoms with E-state index in [-0.39, 0.29) is 17.1 Å². The first-order valence-corrected chi connectivity index (χ1v) is 12.5. The molecule has 0 aliphatic rings. The van der Waals surface area contributed by atoms with Crippen molar-refractivity contribution in [1.82, 2.24) is 5.32 Å². The molecule has 3 rings (SSSR count). The summed E-state index contributed by atoms with van der Waals surface area (Å²) in [7, 11) is -1.10. The van der Waals surface area contributed by atoms with E-state index in [4.69, 9.17) is 14.2 Å². The highest BCUT2D eigenvalue weighted by Crippen LogP contribution is 2.33. The summed E-state index contributed by atoms with van der Waals surface area (Å²) < 4.78 is 44.3. The van der Waals surface area contributed by atoms with Gasteiger partial charge in [0.15, 0.2) is 11.5 Å². The van der Waals surface area contributed by atoms with Gasteiger partial charge in [0.25, 0.3) is 10.0 Å². The molecule has 35 heavy (non-hydrogen) atoms. The Balaban J connectivity index is 1.89. The lowest BCUT2D eigenvalue weighted by Crippen LogP contribution is -2.40. The van der Waals surface area contributed by atoms with Gasteiger partial charge in [0.1, 0.15) is 12.3 Å². The van der Waals surface area contributed by atoms with Gasteiger partial charge in [0.2, 0.25) is 5.91 Å². The lowest BCUT2D eigenvalue weighted by Gasteiger charge is -2.25. The Morgan fingerprint density at radius 2 is 1.66 bits per heavy atom. The second-order valence-electron chi connectivity index (χ2n) is 7.72. The van der Waals surface area contributed by atoms with Crippen LogP contribution in [0.2, 0.25) is 0 Å². The molecule has 3 aromatic rings. The Kier molecular flexibility index (Phi) is 8.59. The van der Waals surface area contributed by atoms with Crippen LogP contribution in [0.5, 0.6) is 17.2 Å². The van der Waals surface area contributed by atoms with Gasteiger partial charge in [-0.15, -0.1) is 0 Å². The fraction of sp³-hybridized carbons (Fsp3) is 0.269. The summed E-state index contributed by atoms with van der Waals surface area (Å²) in [5, 5.41) is 2.80. The zero-order valence-corrected chi connectivity index (χ0v) is 21.1. The summed E-state index contributed by atoms with van der Waals surface area (Å²) in [5.41, 5.74) is 2.04. The van der Waals surface area contributed by atoms with Crippen molar-refractivity contribution in [2.24, 2.45) is 0 Å². The monoisotopic (exact) mass is 498 g/mol. The van der Waals surface area contributed by atoms with Crippen LogP contribution in [0.4, 0.5) is 5.69 Å². The highest BCUT2D eigenvalue weighted by molar-refractivity contribution is 7.92. The maximum atomic E-state index is 13.6. The van der Waals surface area contributed by atoms with Gasteiger partial charge in [-0.25, -0.2) is 8.42 Å². The Hall–Kier alpha value is -3.72. The summed E-state index contributed by atoms with van der Waals surface area (Å²) in [6.07, 6.45) is 0. The molecule has 0 fully saturated rings. The van der Waals surface area contributed by atoms with E-state index in [2.05, 4.69) is 5.32 Å². The van der Waals surface area contributed by atoms with E-state index in [1.807, 2.05) is 38.1 Å². The molecule has 8 nitrogen and oxygen atoms in total. The van der Waals surface area contributed by atoms with Crippen molar-refractivity contribution in [1.29, 1.82) is 0 Å².